The predicted octanol–water partition coefficient (Wildman–Crippen LogP) is 7.64. The van der Waals surface area contributed by atoms with Gasteiger partial charge in [-0.1, -0.05) is 83.3 Å². The van der Waals surface area contributed by atoms with Gasteiger partial charge in [-0.15, -0.1) is 11.6 Å². The van der Waals surface area contributed by atoms with E-state index in [1.807, 2.05) is 0 Å². The second kappa shape index (κ2) is 23.9. The monoisotopic (exact) mass is 374 g/mol. The lowest BCUT2D eigenvalue weighted by atomic mass is 10.1. The van der Waals surface area contributed by atoms with Gasteiger partial charge in [0.05, 0.1) is 6.61 Å². The van der Waals surface area contributed by atoms with Crippen molar-refractivity contribution in [3.05, 3.63) is 12.2 Å². The minimum atomic E-state index is 0.450. The molecule has 150 valence electrons. The molecule has 0 aromatic rings. The fraction of sp³-hybridized carbons (Fsp3) is 0.909. The summed E-state index contributed by atoms with van der Waals surface area (Å²) < 4.78 is 11.0. The highest BCUT2D eigenvalue weighted by Gasteiger charge is 1.92. The van der Waals surface area contributed by atoms with Gasteiger partial charge in [-0.2, -0.15) is 0 Å². The van der Waals surface area contributed by atoms with Crippen molar-refractivity contribution in [3.63, 3.8) is 0 Å². The van der Waals surface area contributed by atoms with Crippen molar-refractivity contribution < 1.29 is 9.47 Å². The van der Waals surface area contributed by atoms with E-state index in [2.05, 4.69) is 19.1 Å². The van der Waals surface area contributed by atoms with Crippen LogP contribution in [0.4, 0.5) is 0 Å². The molecule has 2 nitrogen and oxygen atoms in total. The van der Waals surface area contributed by atoms with E-state index in [1.165, 1.54) is 89.9 Å². The molecule has 0 rings (SSSR count). The molecule has 0 N–H and O–H groups in total. The molecule has 0 aliphatic carbocycles. The number of hydrogen-bond acceptors (Lipinski definition) is 2. The summed E-state index contributed by atoms with van der Waals surface area (Å²) in [6.07, 6.45) is 23.8. The van der Waals surface area contributed by atoms with Gasteiger partial charge in [0, 0.05) is 12.5 Å². The Morgan fingerprint density at radius 1 is 0.600 bits per heavy atom. The van der Waals surface area contributed by atoms with Crippen molar-refractivity contribution in [2.75, 3.05) is 25.9 Å². The zero-order chi connectivity index (χ0) is 18.3. The summed E-state index contributed by atoms with van der Waals surface area (Å²) in [5, 5.41) is 0. The topological polar surface area (TPSA) is 18.5 Å². The van der Waals surface area contributed by atoms with E-state index in [9.17, 15) is 0 Å². The van der Waals surface area contributed by atoms with E-state index in [4.69, 9.17) is 21.1 Å². The lowest BCUT2D eigenvalue weighted by Gasteiger charge is -2.05. The molecule has 0 spiro atoms. The van der Waals surface area contributed by atoms with Crippen LogP contribution in [0.3, 0.4) is 0 Å². The van der Waals surface area contributed by atoms with Gasteiger partial charge in [-0.25, -0.2) is 0 Å². The van der Waals surface area contributed by atoms with Crippen LogP contribution in [0.5, 0.6) is 0 Å². The van der Waals surface area contributed by atoms with Gasteiger partial charge < -0.3 is 9.47 Å². The molecule has 0 saturated carbocycles. The average molecular weight is 375 g/mol. The van der Waals surface area contributed by atoms with Crippen molar-refractivity contribution >= 4 is 11.6 Å². The highest BCUT2D eigenvalue weighted by molar-refractivity contribution is 6.17. The molecule has 0 atom stereocenters. The van der Waals surface area contributed by atoms with Crippen molar-refractivity contribution in [2.24, 2.45) is 0 Å². The first-order valence-electron chi connectivity index (χ1n) is 10.8. The second-order valence-electron chi connectivity index (χ2n) is 6.91. The first kappa shape index (κ1) is 24.9. The minimum Gasteiger partial charge on any atom is -0.355 e. The quantitative estimate of drug-likeness (QED) is 0.0888. The Morgan fingerprint density at radius 3 is 1.88 bits per heavy atom. The summed E-state index contributed by atoms with van der Waals surface area (Å²) in [5.74, 6) is 0.814. The molecular weight excluding hydrogens is 332 g/mol. The zero-order valence-corrected chi connectivity index (χ0v) is 17.5. The number of alkyl halides is 1. The molecule has 3 heteroatoms. The maximum atomic E-state index is 5.66. The van der Waals surface area contributed by atoms with Crippen LogP contribution in [0.15, 0.2) is 12.2 Å². The first-order valence-corrected chi connectivity index (χ1v) is 11.3. The second-order valence-corrected chi connectivity index (χ2v) is 7.29. The van der Waals surface area contributed by atoms with E-state index in [0.29, 0.717) is 6.79 Å². The Hall–Kier alpha value is -0.0500. The number of ether oxygens (including phenoxy) is 2. The van der Waals surface area contributed by atoms with E-state index >= 15 is 0 Å². The van der Waals surface area contributed by atoms with Gasteiger partial charge in [0.1, 0.15) is 6.79 Å². The Labute approximate surface area is 162 Å². The van der Waals surface area contributed by atoms with Gasteiger partial charge in [0.25, 0.3) is 0 Å². The van der Waals surface area contributed by atoms with E-state index < -0.39 is 0 Å². The Bertz CT molecular complexity index is 256. The molecule has 0 amide bonds. The van der Waals surface area contributed by atoms with Crippen LogP contribution in [0.2, 0.25) is 0 Å². The number of unbranched alkanes of at least 4 members (excludes halogenated alkanes) is 12. The normalized spacial score (nSPS) is 11.6. The summed E-state index contributed by atoms with van der Waals surface area (Å²) in [6, 6.07) is 0. The number of halogens is 1. The van der Waals surface area contributed by atoms with Crippen molar-refractivity contribution in [3.8, 4) is 0 Å². The molecular formula is C22H43ClO2. The SMILES string of the molecule is CCCCCCCCCOCOCCC=CCCCCCCCCCl. The van der Waals surface area contributed by atoms with Crippen LogP contribution in [-0.2, 0) is 9.47 Å². The first-order chi connectivity index (χ1) is 12.4. The molecule has 0 aromatic heterocycles. The van der Waals surface area contributed by atoms with Crippen molar-refractivity contribution in [1.29, 1.82) is 0 Å². The standard InChI is InChI=1S/C22H43ClO2/c1-2-3-4-5-11-14-17-20-24-22-25-21-18-15-12-9-7-6-8-10-13-16-19-23/h12,15H,2-11,13-14,16-22H2,1H3. The molecule has 0 heterocycles. The van der Waals surface area contributed by atoms with Crippen molar-refractivity contribution in [1.82, 2.24) is 0 Å². The van der Waals surface area contributed by atoms with Gasteiger partial charge in [0.2, 0.25) is 0 Å². The zero-order valence-electron chi connectivity index (χ0n) is 16.8. The van der Waals surface area contributed by atoms with Crippen LogP contribution in [-0.4, -0.2) is 25.9 Å². The smallest absolute Gasteiger partial charge is 0.146 e. The molecule has 0 bridgehead atoms. The lowest BCUT2D eigenvalue weighted by molar-refractivity contribution is -0.0531. The van der Waals surface area contributed by atoms with Gasteiger partial charge in [0.15, 0.2) is 0 Å². The predicted molar refractivity (Wildman–Crippen MR) is 112 cm³/mol. The van der Waals surface area contributed by atoms with Crippen LogP contribution in [0, 0.1) is 0 Å². The average Bonchev–Trinajstić information content (AvgIpc) is 2.63. The van der Waals surface area contributed by atoms with Gasteiger partial charge in [-0.3, -0.25) is 0 Å². The summed E-state index contributed by atoms with van der Waals surface area (Å²) in [5.41, 5.74) is 0. The maximum Gasteiger partial charge on any atom is 0.146 e. The maximum absolute atomic E-state index is 5.66. The fourth-order valence-electron chi connectivity index (χ4n) is 2.79. The number of rotatable bonds is 21. The van der Waals surface area contributed by atoms with E-state index in [1.54, 1.807) is 0 Å². The molecule has 0 aliphatic heterocycles. The Kier molecular flexibility index (Phi) is 23.9. The number of allylic oxidation sites excluding steroid dienone is 1. The Morgan fingerprint density at radius 2 is 1.16 bits per heavy atom. The summed E-state index contributed by atoms with van der Waals surface area (Å²) in [4.78, 5) is 0. The molecule has 0 unspecified atom stereocenters. The van der Waals surface area contributed by atoms with Crippen LogP contribution < -0.4 is 0 Å². The lowest BCUT2D eigenvalue weighted by Crippen LogP contribution is -2.02. The molecule has 0 fully saturated rings. The summed E-state index contributed by atoms with van der Waals surface area (Å²) in [7, 11) is 0. The molecule has 0 radical (unpaired) electrons. The Balaban J connectivity index is 3.03. The molecule has 0 aromatic carbocycles. The third-order valence-electron chi connectivity index (χ3n) is 4.41. The van der Waals surface area contributed by atoms with Gasteiger partial charge >= 0.3 is 0 Å². The third-order valence-corrected chi connectivity index (χ3v) is 4.68. The van der Waals surface area contributed by atoms with Crippen LogP contribution in [0.25, 0.3) is 0 Å². The van der Waals surface area contributed by atoms with Crippen molar-refractivity contribution in [2.45, 2.75) is 103 Å². The fourth-order valence-corrected chi connectivity index (χ4v) is 2.98. The van der Waals surface area contributed by atoms with Crippen LogP contribution in [0.1, 0.15) is 103 Å². The third kappa shape index (κ3) is 24.0. The highest BCUT2D eigenvalue weighted by atomic mass is 35.5. The summed E-state index contributed by atoms with van der Waals surface area (Å²) in [6.45, 7) is 4.32. The molecule has 25 heavy (non-hydrogen) atoms. The van der Waals surface area contributed by atoms with Crippen LogP contribution >= 0.6 is 11.6 Å². The molecule has 0 aliphatic rings. The number of hydrogen-bond donors (Lipinski definition) is 0. The molecule has 0 saturated heterocycles. The largest absolute Gasteiger partial charge is 0.355 e. The summed E-state index contributed by atoms with van der Waals surface area (Å²) >= 11 is 5.66. The van der Waals surface area contributed by atoms with Gasteiger partial charge in [-0.05, 0) is 32.1 Å². The van der Waals surface area contributed by atoms with E-state index in [0.717, 1.165) is 25.5 Å². The highest BCUT2D eigenvalue weighted by Crippen LogP contribution is 2.08. The minimum absolute atomic E-state index is 0.450. The van der Waals surface area contributed by atoms with E-state index in [-0.39, 0.29) is 0 Å².